The minimum absolute atomic E-state index is 0.0858. The predicted octanol–water partition coefficient (Wildman–Crippen LogP) is 3.68. The molecular formula is C16H18N2O. The molecular weight excluding hydrogens is 236 g/mol. The van der Waals surface area contributed by atoms with Crippen molar-refractivity contribution in [3.63, 3.8) is 0 Å². The standard InChI is InChI=1S/C16H18N2O/c1-3-17-15-10-9-13(11-12(15)2)16(19)18-14-7-5-4-6-8-14/h4-11,17H,3H2,1-2H3,(H,18,19). The lowest BCUT2D eigenvalue weighted by Gasteiger charge is -2.10. The maximum absolute atomic E-state index is 12.1. The molecule has 2 N–H and O–H groups in total. The van der Waals surface area contributed by atoms with Gasteiger partial charge in [-0.05, 0) is 49.7 Å². The molecule has 0 radical (unpaired) electrons. The molecule has 98 valence electrons. The molecule has 0 unspecified atom stereocenters. The van der Waals surface area contributed by atoms with Crippen LogP contribution in [0.4, 0.5) is 11.4 Å². The van der Waals surface area contributed by atoms with Crippen LogP contribution < -0.4 is 10.6 Å². The van der Waals surface area contributed by atoms with Gasteiger partial charge >= 0.3 is 0 Å². The number of carbonyl (C=O) groups is 1. The number of rotatable bonds is 4. The first kappa shape index (κ1) is 13.1. The fourth-order valence-corrected chi connectivity index (χ4v) is 1.92. The smallest absolute Gasteiger partial charge is 0.255 e. The van der Waals surface area contributed by atoms with Gasteiger partial charge in [-0.15, -0.1) is 0 Å². The van der Waals surface area contributed by atoms with Gasteiger partial charge in [-0.25, -0.2) is 0 Å². The number of anilines is 2. The Bertz CT molecular complexity index is 564. The number of amides is 1. The van der Waals surface area contributed by atoms with Crippen LogP contribution >= 0.6 is 0 Å². The Balaban J connectivity index is 2.14. The van der Waals surface area contributed by atoms with Crippen LogP contribution in [-0.4, -0.2) is 12.5 Å². The quantitative estimate of drug-likeness (QED) is 0.873. The maximum Gasteiger partial charge on any atom is 0.255 e. The molecule has 0 spiro atoms. The van der Waals surface area contributed by atoms with Crippen LogP contribution in [0.5, 0.6) is 0 Å². The van der Waals surface area contributed by atoms with E-state index < -0.39 is 0 Å². The average molecular weight is 254 g/mol. The number of nitrogens with one attached hydrogen (secondary N) is 2. The van der Waals surface area contributed by atoms with E-state index in [-0.39, 0.29) is 5.91 Å². The van der Waals surface area contributed by atoms with Gasteiger partial charge in [0.2, 0.25) is 0 Å². The first-order valence-corrected chi connectivity index (χ1v) is 6.41. The van der Waals surface area contributed by atoms with E-state index in [1.807, 2.05) is 55.5 Å². The van der Waals surface area contributed by atoms with Crippen LogP contribution in [0.1, 0.15) is 22.8 Å². The highest BCUT2D eigenvalue weighted by Crippen LogP contribution is 2.17. The fourth-order valence-electron chi connectivity index (χ4n) is 1.92. The van der Waals surface area contributed by atoms with Crippen LogP contribution in [0.25, 0.3) is 0 Å². The molecule has 0 aliphatic rings. The van der Waals surface area contributed by atoms with Gasteiger partial charge < -0.3 is 10.6 Å². The van der Waals surface area contributed by atoms with Crippen molar-refractivity contribution in [1.82, 2.24) is 0 Å². The van der Waals surface area contributed by atoms with E-state index in [2.05, 4.69) is 17.6 Å². The molecule has 0 saturated carbocycles. The molecule has 1 amide bonds. The number of para-hydroxylation sites is 1. The molecule has 0 aliphatic heterocycles. The highest BCUT2D eigenvalue weighted by Gasteiger charge is 2.07. The molecule has 19 heavy (non-hydrogen) atoms. The van der Waals surface area contributed by atoms with E-state index >= 15 is 0 Å². The van der Waals surface area contributed by atoms with Gasteiger partial charge in [0.1, 0.15) is 0 Å². The Morgan fingerprint density at radius 1 is 1.11 bits per heavy atom. The third kappa shape index (κ3) is 3.35. The SMILES string of the molecule is CCNc1ccc(C(=O)Nc2ccccc2)cc1C. The van der Waals surface area contributed by atoms with Crippen molar-refractivity contribution in [1.29, 1.82) is 0 Å². The predicted molar refractivity (Wildman–Crippen MR) is 79.7 cm³/mol. The lowest BCUT2D eigenvalue weighted by Crippen LogP contribution is -2.12. The summed E-state index contributed by atoms with van der Waals surface area (Å²) in [6.07, 6.45) is 0. The summed E-state index contributed by atoms with van der Waals surface area (Å²) in [6, 6.07) is 15.1. The van der Waals surface area contributed by atoms with Crippen molar-refractivity contribution in [3.05, 3.63) is 59.7 Å². The molecule has 0 saturated heterocycles. The lowest BCUT2D eigenvalue weighted by molar-refractivity contribution is 0.102. The molecule has 0 atom stereocenters. The number of hydrogen-bond donors (Lipinski definition) is 2. The molecule has 0 aliphatic carbocycles. The Hall–Kier alpha value is -2.29. The minimum atomic E-state index is -0.0858. The van der Waals surface area contributed by atoms with E-state index in [1.165, 1.54) is 0 Å². The highest BCUT2D eigenvalue weighted by molar-refractivity contribution is 6.04. The van der Waals surface area contributed by atoms with Crippen molar-refractivity contribution in [3.8, 4) is 0 Å². The van der Waals surface area contributed by atoms with Gasteiger partial charge in [-0.2, -0.15) is 0 Å². The van der Waals surface area contributed by atoms with E-state index in [1.54, 1.807) is 0 Å². The normalized spacial score (nSPS) is 10.0. The minimum Gasteiger partial charge on any atom is -0.385 e. The van der Waals surface area contributed by atoms with Gasteiger partial charge in [0.25, 0.3) is 5.91 Å². The monoisotopic (exact) mass is 254 g/mol. The average Bonchev–Trinajstić information content (AvgIpc) is 2.42. The largest absolute Gasteiger partial charge is 0.385 e. The molecule has 2 rings (SSSR count). The van der Waals surface area contributed by atoms with Crippen LogP contribution in [0, 0.1) is 6.92 Å². The summed E-state index contributed by atoms with van der Waals surface area (Å²) in [4.78, 5) is 12.1. The summed E-state index contributed by atoms with van der Waals surface area (Å²) in [7, 11) is 0. The molecule has 0 heterocycles. The van der Waals surface area contributed by atoms with Crippen molar-refractivity contribution < 1.29 is 4.79 Å². The second-order valence-corrected chi connectivity index (χ2v) is 4.38. The van der Waals surface area contributed by atoms with Gasteiger partial charge in [0.05, 0.1) is 0 Å². The zero-order chi connectivity index (χ0) is 13.7. The second-order valence-electron chi connectivity index (χ2n) is 4.38. The number of hydrogen-bond acceptors (Lipinski definition) is 2. The van der Waals surface area contributed by atoms with Crippen LogP contribution in [0.15, 0.2) is 48.5 Å². The molecule has 3 heteroatoms. The van der Waals surface area contributed by atoms with Crippen LogP contribution in [-0.2, 0) is 0 Å². The number of benzene rings is 2. The maximum atomic E-state index is 12.1. The van der Waals surface area contributed by atoms with Gasteiger partial charge in [0, 0.05) is 23.5 Å². The highest BCUT2D eigenvalue weighted by atomic mass is 16.1. The third-order valence-corrected chi connectivity index (χ3v) is 2.89. The van der Waals surface area contributed by atoms with E-state index in [9.17, 15) is 4.79 Å². The van der Waals surface area contributed by atoms with E-state index in [0.717, 1.165) is 23.5 Å². The van der Waals surface area contributed by atoms with Crippen LogP contribution in [0.3, 0.4) is 0 Å². The van der Waals surface area contributed by atoms with Gasteiger partial charge in [0.15, 0.2) is 0 Å². The molecule has 0 aromatic heterocycles. The summed E-state index contributed by atoms with van der Waals surface area (Å²) in [5.41, 5.74) is 3.62. The van der Waals surface area contributed by atoms with Crippen molar-refractivity contribution in [2.75, 3.05) is 17.2 Å². The summed E-state index contributed by atoms with van der Waals surface area (Å²) >= 11 is 0. The molecule has 0 fully saturated rings. The number of carbonyl (C=O) groups excluding carboxylic acids is 1. The van der Waals surface area contributed by atoms with Crippen molar-refractivity contribution in [2.45, 2.75) is 13.8 Å². The summed E-state index contributed by atoms with van der Waals surface area (Å²) < 4.78 is 0. The molecule has 0 bridgehead atoms. The summed E-state index contributed by atoms with van der Waals surface area (Å²) in [5.74, 6) is -0.0858. The third-order valence-electron chi connectivity index (χ3n) is 2.89. The van der Waals surface area contributed by atoms with Gasteiger partial charge in [-0.3, -0.25) is 4.79 Å². The first-order chi connectivity index (χ1) is 9.20. The Morgan fingerprint density at radius 3 is 2.47 bits per heavy atom. The zero-order valence-corrected chi connectivity index (χ0v) is 11.2. The molecule has 2 aromatic rings. The fraction of sp³-hybridized carbons (Fsp3) is 0.188. The summed E-state index contributed by atoms with van der Waals surface area (Å²) in [6.45, 7) is 4.92. The van der Waals surface area contributed by atoms with E-state index in [4.69, 9.17) is 0 Å². The van der Waals surface area contributed by atoms with Crippen molar-refractivity contribution >= 4 is 17.3 Å². The van der Waals surface area contributed by atoms with Gasteiger partial charge in [-0.1, -0.05) is 18.2 Å². The van der Waals surface area contributed by atoms with Crippen molar-refractivity contribution in [2.24, 2.45) is 0 Å². The lowest BCUT2D eigenvalue weighted by atomic mass is 10.1. The topological polar surface area (TPSA) is 41.1 Å². The first-order valence-electron chi connectivity index (χ1n) is 6.41. The zero-order valence-electron chi connectivity index (χ0n) is 11.2. The Kier molecular flexibility index (Phi) is 4.18. The number of aryl methyl sites for hydroxylation is 1. The second kappa shape index (κ2) is 6.05. The van der Waals surface area contributed by atoms with Crippen LogP contribution in [0.2, 0.25) is 0 Å². The Morgan fingerprint density at radius 2 is 1.84 bits per heavy atom. The summed E-state index contributed by atoms with van der Waals surface area (Å²) in [5, 5.41) is 6.14. The Labute approximate surface area is 113 Å². The molecule has 3 nitrogen and oxygen atoms in total. The van der Waals surface area contributed by atoms with E-state index in [0.29, 0.717) is 5.56 Å². The molecule has 2 aromatic carbocycles.